The fraction of sp³-hybridized carbons (Fsp3) is 0.500. The Bertz CT molecular complexity index is 599. The number of hydrogen-bond donors (Lipinski definition) is 2. The van der Waals surface area contributed by atoms with Gasteiger partial charge >= 0.3 is 0 Å². The minimum atomic E-state index is 0.285. The number of anilines is 1. The number of hydrogen-bond acceptors (Lipinski definition) is 5. The summed E-state index contributed by atoms with van der Waals surface area (Å²) in [6.45, 7) is 1.04. The average molecular weight is 342 g/mol. The van der Waals surface area contributed by atoms with Crippen LogP contribution in [0.25, 0.3) is 5.52 Å². The SMILES string of the molecule is CSCC1CCN[C@@H]1c1nc(Br)c2c(N)nccn12. The molecule has 0 spiro atoms. The van der Waals surface area contributed by atoms with Crippen LogP contribution in [0, 0.1) is 5.92 Å². The van der Waals surface area contributed by atoms with Crippen molar-refractivity contribution in [2.75, 3.05) is 24.3 Å². The van der Waals surface area contributed by atoms with Gasteiger partial charge in [0, 0.05) is 12.4 Å². The molecule has 1 fully saturated rings. The zero-order valence-corrected chi connectivity index (χ0v) is 13.0. The number of aromatic nitrogens is 3. The molecule has 1 saturated heterocycles. The van der Waals surface area contributed by atoms with Crippen LogP contribution in [0.5, 0.6) is 0 Å². The van der Waals surface area contributed by atoms with E-state index in [4.69, 9.17) is 5.73 Å². The maximum atomic E-state index is 5.94. The summed E-state index contributed by atoms with van der Waals surface area (Å²) in [5, 5.41) is 3.55. The van der Waals surface area contributed by atoms with E-state index in [2.05, 4.69) is 37.5 Å². The fourth-order valence-corrected chi connectivity index (χ4v) is 4.08. The Morgan fingerprint density at radius 3 is 3.26 bits per heavy atom. The zero-order valence-electron chi connectivity index (χ0n) is 10.6. The number of nitrogen functional groups attached to an aromatic ring is 1. The monoisotopic (exact) mass is 341 g/mol. The standard InChI is InChI=1S/C12H16BrN5S/c1-19-6-7-2-3-15-8(7)12-17-10(13)9-11(14)16-4-5-18(9)12/h4-5,7-8,15H,2-3,6H2,1H3,(H2,14,16)/t7?,8-/m0/s1. The van der Waals surface area contributed by atoms with Gasteiger partial charge in [-0.3, -0.25) is 4.40 Å². The molecule has 5 nitrogen and oxygen atoms in total. The predicted molar refractivity (Wildman–Crippen MR) is 82.3 cm³/mol. The van der Waals surface area contributed by atoms with Crippen molar-refractivity contribution in [3.63, 3.8) is 0 Å². The summed E-state index contributed by atoms with van der Waals surface area (Å²) >= 11 is 5.38. The predicted octanol–water partition coefficient (Wildman–Crippen LogP) is 2.09. The Balaban J connectivity index is 2.08. The first-order chi connectivity index (χ1) is 9.22. The van der Waals surface area contributed by atoms with Crippen molar-refractivity contribution in [3.8, 4) is 0 Å². The summed E-state index contributed by atoms with van der Waals surface area (Å²) in [7, 11) is 0. The smallest absolute Gasteiger partial charge is 0.150 e. The number of fused-ring (bicyclic) bond motifs is 1. The first-order valence-corrected chi connectivity index (χ1v) is 8.41. The third-order valence-electron chi connectivity index (χ3n) is 3.58. The van der Waals surface area contributed by atoms with E-state index in [0.717, 1.165) is 28.2 Å². The van der Waals surface area contributed by atoms with E-state index in [1.54, 1.807) is 6.20 Å². The molecule has 1 aliphatic heterocycles. The number of halogens is 1. The van der Waals surface area contributed by atoms with Crippen molar-refractivity contribution in [1.29, 1.82) is 0 Å². The van der Waals surface area contributed by atoms with Crippen molar-refractivity contribution >= 4 is 39.0 Å². The highest BCUT2D eigenvalue weighted by atomic mass is 79.9. The molecule has 3 heterocycles. The Morgan fingerprint density at radius 1 is 1.63 bits per heavy atom. The van der Waals surface area contributed by atoms with Gasteiger partial charge < -0.3 is 11.1 Å². The lowest BCUT2D eigenvalue weighted by Gasteiger charge is -2.17. The molecular weight excluding hydrogens is 326 g/mol. The first-order valence-electron chi connectivity index (χ1n) is 6.22. The molecule has 3 N–H and O–H groups in total. The van der Waals surface area contributed by atoms with E-state index in [0.29, 0.717) is 11.7 Å². The molecule has 0 bridgehead atoms. The van der Waals surface area contributed by atoms with E-state index < -0.39 is 0 Å². The minimum absolute atomic E-state index is 0.285. The van der Waals surface area contributed by atoms with Crippen LogP contribution in [0.1, 0.15) is 18.3 Å². The van der Waals surface area contributed by atoms with Crippen molar-refractivity contribution < 1.29 is 0 Å². The molecule has 2 atom stereocenters. The Labute approximate surface area is 124 Å². The molecule has 0 radical (unpaired) electrons. The normalized spacial score (nSPS) is 23.3. The van der Waals surface area contributed by atoms with Crippen LogP contribution in [0.3, 0.4) is 0 Å². The third-order valence-corrected chi connectivity index (χ3v) is 4.89. The number of thioether (sulfide) groups is 1. The lowest BCUT2D eigenvalue weighted by Crippen LogP contribution is -2.21. The van der Waals surface area contributed by atoms with Crippen LogP contribution in [-0.2, 0) is 0 Å². The van der Waals surface area contributed by atoms with Gasteiger partial charge in [0.05, 0.1) is 6.04 Å². The van der Waals surface area contributed by atoms with Gasteiger partial charge in [0.1, 0.15) is 15.9 Å². The second-order valence-electron chi connectivity index (χ2n) is 4.73. The molecule has 102 valence electrons. The summed E-state index contributed by atoms with van der Waals surface area (Å²) in [6, 6.07) is 0.285. The van der Waals surface area contributed by atoms with Gasteiger partial charge in [0.25, 0.3) is 0 Å². The highest BCUT2D eigenvalue weighted by Gasteiger charge is 2.31. The number of imidazole rings is 1. The van der Waals surface area contributed by atoms with E-state index >= 15 is 0 Å². The van der Waals surface area contributed by atoms with Crippen LogP contribution in [0.15, 0.2) is 17.0 Å². The van der Waals surface area contributed by atoms with E-state index in [9.17, 15) is 0 Å². The topological polar surface area (TPSA) is 68.2 Å². The number of nitrogens with two attached hydrogens (primary N) is 1. The van der Waals surface area contributed by atoms with Crippen LogP contribution in [0.4, 0.5) is 5.82 Å². The van der Waals surface area contributed by atoms with Crippen molar-refractivity contribution in [1.82, 2.24) is 19.7 Å². The summed E-state index contributed by atoms with van der Waals surface area (Å²) in [5.74, 6) is 3.28. The molecule has 0 saturated carbocycles. The van der Waals surface area contributed by atoms with Gasteiger partial charge in [0.15, 0.2) is 5.82 Å². The number of nitrogens with one attached hydrogen (secondary N) is 1. The molecule has 0 amide bonds. The molecule has 19 heavy (non-hydrogen) atoms. The van der Waals surface area contributed by atoms with Crippen LogP contribution in [-0.4, -0.2) is 32.9 Å². The Kier molecular flexibility index (Phi) is 3.68. The largest absolute Gasteiger partial charge is 0.382 e. The van der Waals surface area contributed by atoms with Gasteiger partial charge in [-0.25, -0.2) is 9.97 Å². The molecular formula is C12H16BrN5S. The molecule has 2 aromatic heterocycles. The third kappa shape index (κ3) is 2.23. The fourth-order valence-electron chi connectivity index (χ4n) is 2.72. The van der Waals surface area contributed by atoms with Gasteiger partial charge in [0.2, 0.25) is 0 Å². The molecule has 2 aromatic rings. The highest BCUT2D eigenvalue weighted by Crippen LogP contribution is 2.34. The maximum absolute atomic E-state index is 5.94. The molecule has 7 heteroatoms. The van der Waals surface area contributed by atoms with Crippen molar-refractivity contribution in [3.05, 3.63) is 22.8 Å². The van der Waals surface area contributed by atoms with Gasteiger partial charge in [-0.1, -0.05) is 0 Å². The summed E-state index contributed by atoms with van der Waals surface area (Å²) in [4.78, 5) is 8.78. The molecule has 1 unspecified atom stereocenters. The Hall–Kier alpha value is -0.790. The molecule has 0 aromatic carbocycles. The minimum Gasteiger partial charge on any atom is -0.382 e. The van der Waals surface area contributed by atoms with Crippen LogP contribution in [0.2, 0.25) is 0 Å². The number of nitrogens with zero attached hydrogens (tertiary/aromatic N) is 3. The molecule has 0 aliphatic carbocycles. The van der Waals surface area contributed by atoms with Gasteiger partial charge in [-0.15, -0.1) is 0 Å². The van der Waals surface area contributed by atoms with E-state index in [1.165, 1.54) is 6.42 Å². The second kappa shape index (κ2) is 5.30. The Morgan fingerprint density at radius 2 is 2.47 bits per heavy atom. The lowest BCUT2D eigenvalue weighted by molar-refractivity contribution is 0.484. The molecule has 1 aliphatic rings. The van der Waals surface area contributed by atoms with E-state index in [-0.39, 0.29) is 6.04 Å². The van der Waals surface area contributed by atoms with Crippen LogP contribution < -0.4 is 11.1 Å². The van der Waals surface area contributed by atoms with Crippen molar-refractivity contribution in [2.45, 2.75) is 12.5 Å². The second-order valence-corrected chi connectivity index (χ2v) is 6.39. The van der Waals surface area contributed by atoms with Gasteiger partial charge in [-0.05, 0) is 46.8 Å². The first kappa shape index (κ1) is 13.2. The van der Waals surface area contributed by atoms with Crippen LogP contribution >= 0.6 is 27.7 Å². The highest BCUT2D eigenvalue weighted by molar-refractivity contribution is 9.10. The van der Waals surface area contributed by atoms with E-state index in [1.807, 2.05) is 22.4 Å². The lowest BCUT2D eigenvalue weighted by atomic mass is 10.0. The zero-order chi connectivity index (χ0) is 13.4. The van der Waals surface area contributed by atoms with Crippen molar-refractivity contribution in [2.24, 2.45) is 5.92 Å². The quantitative estimate of drug-likeness (QED) is 0.894. The average Bonchev–Trinajstić information content (AvgIpc) is 2.96. The van der Waals surface area contributed by atoms with Gasteiger partial charge in [-0.2, -0.15) is 11.8 Å². The number of rotatable bonds is 3. The maximum Gasteiger partial charge on any atom is 0.150 e. The summed E-state index contributed by atoms with van der Waals surface area (Å²) in [5.41, 5.74) is 6.79. The summed E-state index contributed by atoms with van der Waals surface area (Å²) in [6.07, 6.45) is 6.99. The summed E-state index contributed by atoms with van der Waals surface area (Å²) < 4.78 is 2.81. The molecule has 3 rings (SSSR count).